The zero-order valence-electron chi connectivity index (χ0n) is 9.88. The Morgan fingerprint density at radius 1 is 1.53 bits per heavy atom. The van der Waals surface area contributed by atoms with Gasteiger partial charge in [0.05, 0.1) is 0 Å². The lowest BCUT2D eigenvalue weighted by Gasteiger charge is -2.20. The first-order valence-electron chi connectivity index (χ1n) is 5.99. The fourth-order valence-corrected chi connectivity index (χ4v) is 2.69. The summed E-state index contributed by atoms with van der Waals surface area (Å²) in [4.78, 5) is 7.53. The first-order chi connectivity index (χ1) is 7.20. The molecular formula is C12H21N3. The van der Waals surface area contributed by atoms with Crippen LogP contribution in [-0.2, 0) is 0 Å². The molecule has 0 aliphatic heterocycles. The molecule has 15 heavy (non-hydrogen) atoms. The molecule has 84 valence electrons. The second-order valence-corrected chi connectivity index (χ2v) is 4.77. The fourth-order valence-electron chi connectivity index (χ4n) is 2.69. The van der Waals surface area contributed by atoms with Gasteiger partial charge in [-0.05, 0) is 31.6 Å². The highest BCUT2D eigenvalue weighted by atomic mass is 15.1. The molecule has 0 bridgehead atoms. The van der Waals surface area contributed by atoms with Gasteiger partial charge in [0, 0.05) is 17.9 Å². The number of aromatic amines is 1. The van der Waals surface area contributed by atoms with Crippen LogP contribution in [0.1, 0.15) is 38.8 Å². The highest BCUT2D eigenvalue weighted by Gasteiger charge is 2.31. The summed E-state index contributed by atoms with van der Waals surface area (Å²) in [5, 5.41) is 3.51. The number of aromatic nitrogens is 2. The average Bonchev–Trinajstić information content (AvgIpc) is 2.76. The molecule has 3 unspecified atom stereocenters. The molecule has 2 N–H and O–H groups in total. The Balaban J connectivity index is 1.96. The zero-order chi connectivity index (χ0) is 10.8. The summed E-state index contributed by atoms with van der Waals surface area (Å²) in [5.74, 6) is 2.58. The highest BCUT2D eigenvalue weighted by Crippen LogP contribution is 2.35. The second-order valence-electron chi connectivity index (χ2n) is 4.77. The molecule has 2 rings (SSSR count). The molecule has 3 atom stereocenters. The quantitative estimate of drug-likeness (QED) is 0.800. The van der Waals surface area contributed by atoms with Gasteiger partial charge >= 0.3 is 0 Å². The standard InChI is InChI=1S/C12H21N3/c1-4-10-5-6-11(9(10)3)15-12-13-7-8(2)14-12/h7,9-11H,4-6H2,1-3H3,(H2,13,14,15). The lowest BCUT2D eigenvalue weighted by atomic mass is 9.94. The van der Waals surface area contributed by atoms with Crippen LogP contribution in [0.4, 0.5) is 5.95 Å². The molecule has 1 heterocycles. The Bertz CT molecular complexity index is 318. The van der Waals surface area contributed by atoms with E-state index in [2.05, 4.69) is 29.1 Å². The first-order valence-corrected chi connectivity index (χ1v) is 5.99. The van der Waals surface area contributed by atoms with E-state index in [4.69, 9.17) is 0 Å². The number of hydrogen-bond donors (Lipinski definition) is 2. The van der Waals surface area contributed by atoms with E-state index in [9.17, 15) is 0 Å². The number of aryl methyl sites for hydroxylation is 1. The van der Waals surface area contributed by atoms with Crippen molar-refractivity contribution in [3.8, 4) is 0 Å². The molecular weight excluding hydrogens is 186 g/mol. The predicted molar refractivity (Wildman–Crippen MR) is 62.9 cm³/mol. The highest BCUT2D eigenvalue weighted by molar-refractivity contribution is 5.28. The van der Waals surface area contributed by atoms with E-state index in [1.165, 1.54) is 19.3 Å². The Hall–Kier alpha value is -0.990. The van der Waals surface area contributed by atoms with Crippen molar-refractivity contribution < 1.29 is 0 Å². The largest absolute Gasteiger partial charge is 0.353 e. The van der Waals surface area contributed by atoms with Gasteiger partial charge in [0.25, 0.3) is 0 Å². The number of rotatable bonds is 3. The molecule has 1 aliphatic rings. The summed E-state index contributed by atoms with van der Waals surface area (Å²) in [5.41, 5.74) is 1.12. The Kier molecular flexibility index (Phi) is 2.98. The van der Waals surface area contributed by atoms with E-state index in [0.29, 0.717) is 6.04 Å². The number of imidazole rings is 1. The fraction of sp³-hybridized carbons (Fsp3) is 0.750. The Morgan fingerprint density at radius 3 is 2.87 bits per heavy atom. The smallest absolute Gasteiger partial charge is 0.200 e. The maximum absolute atomic E-state index is 4.30. The van der Waals surface area contributed by atoms with Crippen LogP contribution in [0.3, 0.4) is 0 Å². The van der Waals surface area contributed by atoms with Gasteiger partial charge in [-0.25, -0.2) is 4.98 Å². The van der Waals surface area contributed by atoms with Gasteiger partial charge in [0.2, 0.25) is 5.95 Å². The molecule has 0 saturated heterocycles. The van der Waals surface area contributed by atoms with Crippen LogP contribution in [0.25, 0.3) is 0 Å². The predicted octanol–water partition coefficient (Wildman–Crippen LogP) is 2.95. The Labute approximate surface area is 91.7 Å². The molecule has 1 aromatic rings. The summed E-state index contributed by atoms with van der Waals surface area (Å²) >= 11 is 0. The number of hydrogen-bond acceptors (Lipinski definition) is 2. The SMILES string of the molecule is CCC1CCC(Nc2ncc(C)[nH]2)C1C. The monoisotopic (exact) mass is 207 g/mol. The molecule has 3 heteroatoms. The van der Waals surface area contributed by atoms with Crippen molar-refractivity contribution in [2.75, 3.05) is 5.32 Å². The Morgan fingerprint density at radius 2 is 2.33 bits per heavy atom. The van der Waals surface area contributed by atoms with Crippen molar-refractivity contribution in [3.63, 3.8) is 0 Å². The van der Waals surface area contributed by atoms with Crippen LogP contribution in [0.2, 0.25) is 0 Å². The third-order valence-corrected chi connectivity index (χ3v) is 3.78. The van der Waals surface area contributed by atoms with Gasteiger partial charge in [0.1, 0.15) is 0 Å². The number of anilines is 1. The van der Waals surface area contributed by atoms with E-state index in [0.717, 1.165) is 23.5 Å². The lowest BCUT2D eigenvalue weighted by molar-refractivity contribution is 0.391. The minimum atomic E-state index is 0.598. The van der Waals surface area contributed by atoms with Crippen molar-refractivity contribution in [2.45, 2.75) is 46.1 Å². The van der Waals surface area contributed by atoms with Crippen molar-refractivity contribution in [3.05, 3.63) is 11.9 Å². The van der Waals surface area contributed by atoms with Gasteiger partial charge in [-0.15, -0.1) is 0 Å². The third kappa shape index (κ3) is 2.16. The van der Waals surface area contributed by atoms with E-state index in [1.807, 2.05) is 13.1 Å². The van der Waals surface area contributed by atoms with E-state index in [1.54, 1.807) is 0 Å². The topological polar surface area (TPSA) is 40.7 Å². The minimum absolute atomic E-state index is 0.598. The molecule has 0 amide bonds. The first kappa shape index (κ1) is 10.5. The summed E-state index contributed by atoms with van der Waals surface area (Å²) in [6.45, 7) is 6.68. The molecule has 1 aliphatic carbocycles. The molecule has 0 spiro atoms. The third-order valence-electron chi connectivity index (χ3n) is 3.78. The maximum atomic E-state index is 4.30. The second kappa shape index (κ2) is 4.25. The van der Waals surface area contributed by atoms with Gasteiger partial charge in [-0.1, -0.05) is 20.3 Å². The summed E-state index contributed by atoms with van der Waals surface area (Å²) in [7, 11) is 0. The molecule has 1 saturated carbocycles. The van der Waals surface area contributed by atoms with Gasteiger partial charge in [0.15, 0.2) is 0 Å². The van der Waals surface area contributed by atoms with Gasteiger partial charge in [-0.3, -0.25) is 0 Å². The van der Waals surface area contributed by atoms with Crippen LogP contribution in [0, 0.1) is 18.8 Å². The van der Waals surface area contributed by atoms with Crippen LogP contribution < -0.4 is 5.32 Å². The normalized spacial score (nSPS) is 30.7. The molecule has 0 aromatic carbocycles. The summed E-state index contributed by atoms with van der Waals surface area (Å²) < 4.78 is 0. The van der Waals surface area contributed by atoms with Crippen molar-refractivity contribution in [1.29, 1.82) is 0 Å². The van der Waals surface area contributed by atoms with E-state index < -0.39 is 0 Å². The van der Waals surface area contributed by atoms with Crippen LogP contribution >= 0.6 is 0 Å². The van der Waals surface area contributed by atoms with Crippen molar-refractivity contribution in [1.82, 2.24) is 9.97 Å². The van der Waals surface area contributed by atoms with E-state index in [-0.39, 0.29) is 0 Å². The number of nitrogens with zero attached hydrogens (tertiary/aromatic N) is 1. The van der Waals surface area contributed by atoms with Crippen LogP contribution in [0.15, 0.2) is 6.20 Å². The average molecular weight is 207 g/mol. The zero-order valence-corrected chi connectivity index (χ0v) is 9.88. The molecule has 1 aromatic heterocycles. The lowest BCUT2D eigenvalue weighted by Crippen LogP contribution is -2.25. The van der Waals surface area contributed by atoms with E-state index >= 15 is 0 Å². The molecule has 0 radical (unpaired) electrons. The minimum Gasteiger partial charge on any atom is -0.353 e. The van der Waals surface area contributed by atoms with Crippen molar-refractivity contribution >= 4 is 5.95 Å². The number of nitrogens with one attached hydrogen (secondary N) is 2. The summed E-state index contributed by atoms with van der Waals surface area (Å²) in [6, 6.07) is 0.598. The molecule has 1 fully saturated rings. The van der Waals surface area contributed by atoms with Crippen molar-refractivity contribution in [2.24, 2.45) is 11.8 Å². The maximum Gasteiger partial charge on any atom is 0.200 e. The van der Waals surface area contributed by atoms with Gasteiger partial charge < -0.3 is 10.3 Å². The summed E-state index contributed by atoms with van der Waals surface area (Å²) in [6.07, 6.45) is 5.81. The van der Waals surface area contributed by atoms with Crippen LogP contribution in [-0.4, -0.2) is 16.0 Å². The number of H-pyrrole nitrogens is 1. The van der Waals surface area contributed by atoms with Crippen LogP contribution in [0.5, 0.6) is 0 Å². The van der Waals surface area contributed by atoms with Gasteiger partial charge in [-0.2, -0.15) is 0 Å². The molecule has 3 nitrogen and oxygen atoms in total.